The molecule has 0 aliphatic carbocycles. The fraction of sp³-hybridized carbons (Fsp3) is 0.462. The molecule has 1 atom stereocenters. The number of piperidine rings is 1. The molecule has 0 radical (unpaired) electrons. The van der Waals surface area contributed by atoms with E-state index in [0.717, 1.165) is 31.4 Å². The third-order valence-corrected chi connectivity index (χ3v) is 7.70. The summed E-state index contributed by atoms with van der Waals surface area (Å²) < 4.78 is 38.2. The lowest BCUT2D eigenvalue weighted by molar-refractivity contribution is -0.137. The van der Waals surface area contributed by atoms with Gasteiger partial charge in [-0.25, -0.2) is 4.79 Å². The molecule has 3 aliphatic heterocycles. The molecular weight excluding hydrogens is 457 g/mol. The van der Waals surface area contributed by atoms with Gasteiger partial charge in [0.05, 0.1) is 11.6 Å². The molecule has 2 aromatic carbocycles. The van der Waals surface area contributed by atoms with Crippen LogP contribution in [0.15, 0.2) is 48.5 Å². The molecule has 0 saturated carbocycles. The molecule has 186 valence electrons. The van der Waals surface area contributed by atoms with Gasteiger partial charge in [-0.3, -0.25) is 4.79 Å². The number of halogens is 3. The third-order valence-electron chi connectivity index (χ3n) is 7.70. The zero-order chi connectivity index (χ0) is 24.6. The van der Waals surface area contributed by atoms with Gasteiger partial charge < -0.3 is 20.4 Å². The summed E-state index contributed by atoms with van der Waals surface area (Å²) in [4.78, 5) is 29.5. The highest BCUT2D eigenvalue weighted by atomic mass is 19.4. The number of nitrogens with one attached hydrogen (secondary N) is 2. The van der Waals surface area contributed by atoms with Crippen LogP contribution in [0.25, 0.3) is 0 Å². The van der Waals surface area contributed by atoms with Crippen LogP contribution in [0.5, 0.6) is 0 Å². The molecule has 35 heavy (non-hydrogen) atoms. The van der Waals surface area contributed by atoms with Crippen LogP contribution in [0.2, 0.25) is 0 Å². The highest BCUT2D eigenvalue weighted by molar-refractivity contribution is 5.89. The maximum atomic E-state index is 13.1. The summed E-state index contributed by atoms with van der Waals surface area (Å²) >= 11 is 0. The number of nitrogens with zero attached hydrogens (tertiary/aromatic N) is 2. The lowest BCUT2D eigenvalue weighted by Crippen LogP contribution is -2.53. The fourth-order valence-electron chi connectivity index (χ4n) is 5.51. The van der Waals surface area contributed by atoms with E-state index in [1.165, 1.54) is 23.3 Å². The highest BCUT2D eigenvalue weighted by Gasteiger charge is 2.43. The first-order valence-electron chi connectivity index (χ1n) is 12.0. The molecule has 5 rings (SSSR count). The van der Waals surface area contributed by atoms with Gasteiger partial charge in [0.15, 0.2) is 0 Å². The Kier molecular flexibility index (Phi) is 6.21. The first kappa shape index (κ1) is 23.7. The van der Waals surface area contributed by atoms with Gasteiger partial charge in [-0.2, -0.15) is 13.2 Å². The quantitative estimate of drug-likeness (QED) is 0.667. The maximum Gasteiger partial charge on any atom is 0.416 e. The number of urea groups is 1. The van der Waals surface area contributed by atoms with E-state index in [1.54, 1.807) is 4.90 Å². The number of carbonyl (C=O) groups is 2. The van der Waals surface area contributed by atoms with Gasteiger partial charge in [0.2, 0.25) is 5.91 Å². The summed E-state index contributed by atoms with van der Waals surface area (Å²) in [6, 6.07) is 12.2. The molecule has 0 aromatic heterocycles. The topological polar surface area (TPSA) is 64.7 Å². The van der Waals surface area contributed by atoms with E-state index in [2.05, 4.69) is 22.8 Å². The molecule has 2 N–H and O–H groups in total. The Morgan fingerprint density at radius 3 is 2.20 bits per heavy atom. The normalized spacial score (nSPS) is 21.6. The van der Waals surface area contributed by atoms with Crippen molar-refractivity contribution < 1.29 is 22.8 Å². The van der Waals surface area contributed by atoms with Crippen LogP contribution in [0.3, 0.4) is 0 Å². The molecule has 9 heteroatoms. The second kappa shape index (κ2) is 9.18. The van der Waals surface area contributed by atoms with Gasteiger partial charge in [-0.05, 0) is 66.5 Å². The second-order valence-corrected chi connectivity index (χ2v) is 9.91. The molecule has 1 spiro atoms. The summed E-state index contributed by atoms with van der Waals surface area (Å²) in [6.45, 7) is 3.24. The lowest BCUT2D eigenvalue weighted by atomic mass is 9.77. The lowest BCUT2D eigenvalue weighted by Gasteiger charge is -2.41. The predicted octanol–water partition coefficient (Wildman–Crippen LogP) is 4.27. The molecule has 3 aliphatic rings. The Balaban J connectivity index is 1.13. The van der Waals surface area contributed by atoms with Gasteiger partial charge in [-0.15, -0.1) is 0 Å². The van der Waals surface area contributed by atoms with Crippen molar-refractivity contribution >= 4 is 17.6 Å². The van der Waals surface area contributed by atoms with Crippen molar-refractivity contribution in [3.05, 3.63) is 65.2 Å². The summed E-state index contributed by atoms with van der Waals surface area (Å²) in [7, 11) is 0. The Morgan fingerprint density at radius 1 is 0.914 bits per heavy atom. The number of rotatable bonds is 2. The number of benzene rings is 2. The van der Waals surface area contributed by atoms with Crippen LogP contribution in [0, 0.1) is 5.41 Å². The standard InChI is InChI=1S/C26H29F3N4O2/c27-26(28,29)20-5-7-21(8-6-20)31-24(35)33-14-11-25(17-33)9-12-32(13-10-25)23(34)22-15-18-3-1-2-4-19(18)16-30-22/h1-8,22,30H,9-17H2,(H,31,35)/t22-/m1/s1. The van der Waals surface area contributed by atoms with Gasteiger partial charge in [0.25, 0.3) is 0 Å². The second-order valence-electron chi connectivity index (χ2n) is 9.91. The number of hydrogen-bond acceptors (Lipinski definition) is 3. The van der Waals surface area contributed by atoms with Crippen molar-refractivity contribution in [1.82, 2.24) is 15.1 Å². The first-order valence-corrected chi connectivity index (χ1v) is 12.0. The van der Waals surface area contributed by atoms with E-state index < -0.39 is 11.7 Å². The molecule has 3 amide bonds. The number of alkyl halides is 3. The number of amides is 3. The third kappa shape index (κ3) is 5.00. The zero-order valence-electron chi connectivity index (χ0n) is 19.4. The van der Waals surface area contributed by atoms with Gasteiger partial charge in [0, 0.05) is 38.4 Å². The Bertz CT molecular complexity index is 1090. The van der Waals surface area contributed by atoms with Crippen molar-refractivity contribution in [2.45, 2.75) is 44.4 Å². The Hall–Kier alpha value is -3.07. The Morgan fingerprint density at radius 2 is 1.54 bits per heavy atom. The summed E-state index contributed by atoms with van der Waals surface area (Å²) in [6.07, 6.45) is -1.16. The number of hydrogen-bond donors (Lipinski definition) is 2. The molecule has 0 bridgehead atoms. The summed E-state index contributed by atoms with van der Waals surface area (Å²) in [5.74, 6) is 0.143. The molecule has 2 fully saturated rings. The van der Waals surface area contributed by atoms with Crippen LogP contribution >= 0.6 is 0 Å². The highest BCUT2D eigenvalue weighted by Crippen LogP contribution is 2.41. The zero-order valence-corrected chi connectivity index (χ0v) is 19.4. The minimum atomic E-state index is -4.41. The van der Waals surface area contributed by atoms with Crippen LogP contribution < -0.4 is 10.6 Å². The molecule has 3 heterocycles. The average Bonchev–Trinajstić information content (AvgIpc) is 3.27. The molecule has 6 nitrogen and oxygen atoms in total. The van der Waals surface area contributed by atoms with Crippen molar-refractivity contribution in [3.8, 4) is 0 Å². The summed E-state index contributed by atoms with van der Waals surface area (Å²) in [5, 5.41) is 6.08. The largest absolute Gasteiger partial charge is 0.416 e. The van der Waals surface area contributed by atoms with E-state index in [-0.39, 0.29) is 23.4 Å². The number of carbonyl (C=O) groups excluding carboxylic acids is 2. The Labute approximate surface area is 202 Å². The monoisotopic (exact) mass is 486 g/mol. The molecular formula is C26H29F3N4O2. The average molecular weight is 487 g/mol. The number of anilines is 1. The van der Waals surface area contributed by atoms with E-state index in [4.69, 9.17) is 0 Å². The van der Waals surface area contributed by atoms with Crippen molar-refractivity contribution in [1.29, 1.82) is 0 Å². The van der Waals surface area contributed by atoms with Crippen LogP contribution in [0.4, 0.5) is 23.7 Å². The SMILES string of the molecule is O=C(Nc1ccc(C(F)(F)F)cc1)N1CCC2(CCN(C(=O)[C@H]3Cc4ccccc4CN3)CC2)C1. The number of likely N-dealkylation sites (tertiary alicyclic amines) is 2. The van der Waals surface area contributed by atoms with E-state index in [9.17, 15) is 22.8 Å². The maximum absolute atomic E-state index is 13.1. The molecule has 2 saturated heterocycles. The fourth-order valence-corrected chi connectivity index (χ4v) is 5.51. The minimum Gasteiger partial charge on any atom is -0.341 e. The van der Waals surface area contributed by atoms with Crippen molar-refractivity contribution in [2.24, 2.45) is 5.41 Å². The molecule has 0 unspecified atom stereocenters. The van der Waals surface area contributed by atoms with Crippen molar-refractivity contribution in [3.63, 3.8) is 0 Å². The summed E-state index contributed by atoms with van der Waals surface area (Å²) in [5.41, 5.74) is 2.05. The smallest absolute Gasteiger partial charge is 0.341 e. The van der Waals surface area contributed by atoms with E-state index >= 15 is 0 Å². The van der Waals surface area contributed by atoms with Crippen LogP contribution in [-0.2, 0) is 23.9 Å². The van der Waals surface area contributed by atoms with Gasteiger partial charge in [0.1, 0.15) is 0 Å². The number of fused-ring (bicyclic) bond motifs is 1. The van der Waals surface area contributed by atoms with Crippen LogP contribution in [0.1, 0.15) is 36.0 Å². The van der Waals surface area contributed by atoms with E-state index in [0.29, 0.717) is 44.8 Å². The van der Waals surface area contributed by atoms with Crippen LogP contribution in [-0.4, -0.2) is 54.0 Å². The van der Waals surface area contributed by atoms with Crippen molar-refractivity contribution in [2.75, 3.05) is 31.5 Å². The van der Waals surface area contributed by atoms with E-state index in [1.807, 2.05) is 17.0 Å². The first-order chi connectivity index (χ1) is 16.7. The van der Waals surface area contributed by atoms with Gasteiger partial charge >= 0.3 is 12.2 Å². The minimum absolute atomic E-state index is 0.0130. The van der Waals surface area contributed by atoms with Gasteiger partial charge in [-0.1, -0.05) is 24.3 Å². The molecule has 2 aromatic rings. The predicted molar refractivity (Wildman–Crippen MR) is 126 cm³/mol.